The lowest BCUT2D eigenvalue weighted by atomic mass is 9.91. The lowest BCUT2D eigenvalue weighted by Crippen LogP contribution is -2.53. The minimum Gasteiger partial charge on any atom is -0.494 e. The Morgan fingerprint density at radius 3 is 2.07 bits per heavy atom. The number of carbonyl (C=O) groups excluding carboxylic acids is 9. The van der Waals surface area contributed by atoms with E-state index >= 15 is 0 Å². The fourth-order valence-electron chi connectivity index (χ4n) is 11.0. The van der Waals surface area contributed by atoms with Crippen molar-refractivity contribution in [3.63, 3.8) is 0 Å². The first-order chi connectivity index (χ1) is 43.2. The van der Waals surface area contributed by atoms with E-state index in [0.29, 0.717) is 113 Å². The molecule has 0 radical (unpaired) electrons. The molecule has 0 bridgehead atoms. The number of benzene rings is 2. The van der Waals surface area contributed by atoms with Gasteiger partial charge in [0.05, 0.1) is 49.9 Å². The Balaban J connectivity index is 0.981. The van der Waals surface area contributed by atoms with Crippen molar-refractivity contribution in [2.45, 2.75) is 108 Å². The summed E-state index contributed by atoms with van der Waals surface area (Å²) in [5.74, 6) is -5.38. The van der Waals surface area contributed by atoms with Crippen molar-refractivity contribution in [1.82, 2.24) is 55.7 Å². The number of terminal acetylenes is 1. The first-order valence-corrected chi connectivity index (χ1v) is 31.4. The summed E-state index contributed by atoms with van der Waals surface area (Å²) in [7, 11) is 0. The number of aromatic nitrogens is 1. The zero-order valence-electron chi connectivity index (χ0n) is 50.8. The van der Waals surface area contributed by atoms with Gasteiger partial charge in [-0.1, -0.05) is 24.5 Å². The molecule has 0 aliphatic carbocycles. The van der Waals surface area contributed by atoms with E-state index in [1.807, 2.05) is 34.1 Å². The largest absolute Gasteiger partial charge is 0.494 e. The van der Waals surface area contributed by atoms with E-state index in [1.54, 1.807) is 39.8 Å². The van der Waals surface area contributed by atoms with E-state index in [4.69, 9.17) is 20.6 Å². The number of hydrogen-bond donors (Lipinski definition) is 5. The van der Waals surface area contributed by atoms with Crippen LogP contribution in [-0.2, 0) is 59.0 Å². The summed E-state index contributed by atoms with van der Waals surface area (Å²) in [4.78, 5) is 142. The number of piperidine rings is 1. The molecule has 2 aromatic carbocycles. The molecule has 28 heteroatoms. The number of halogens is 3. The Labute approximate surface area is 536 Å². The Bertz CT molecular complexity index is 2970. The fourth-order valence-corrected chi connectivity index (χ4v) is 11.3. The number of amides is 7. The first kappa shape index (κ1) is 71.6. The second-order valence-electron chi connectivity index (χ2n) is 22.9. The summed E-state index contributed by atoms with van der Waals surface area (Å²) in [5.41, 5.74) is 1.83. The second-order valence-corrected chi connectivity index (χ2v) is 24.1. The van der Waals surface area contributed by atoms with Crippen LogP contribution in [-0.4, -0.2) is 235 Å². The number of carbonyl (C=O) groups is 10. The van der Waals surface area contributed by atoms with Gasteiger partial charge in [0.2, 0.25) is 35.4 Å². The van der Waals surface area contributed by atoms with Crippen LogP contribution < -0.4 is 26.0 Å². The predicted molar refractivity (Wildman–Crippen MR) is 333 cm³/mol. The molecule has 490 valence electrons. The third-order valence-electron chi connectivity index (χ3n) is 16.0. The number of ether oxygens (including phenoxy) is 3. The van der Waals surface area contributed by atoms with Crippen LogP contribution in [0.4, 0.5) is 8.78 Å². The maximum atomic E-state index is 14.0. The summed E-state index contributed by atoms with van der Waals surface area (Å²) in [6.07, 6.45) is 11.2. The maximum Gasteiger partial charge on any atom is 0.317 e. The number of likely N-dealkylation sites (tertiary alicyclic amines) is 2. The van der Waals surface area contributed by atoms with E-state index in [2.05, 4.69) is 54.8 Å². The Morgan fingerprint density at radius 1 is 0.789 bits per heavy atom. The van der Waals surface area contributed by atoms with E-state index in [-0.39, 0.29) is 83.5 Å². The molecule has 1 aromatic heterocycles. The van der Waals surface area contributed by atoms with E-state index in [0.717, 1.165) is 26.9 Å². The van der Waals surface area contributed by atoms with Crippen molar-refractivity contribution in [3.8, 4) is 18.1 Å². The van der Waals surface area contributed by atoms with Crippen molar-refractivity contribution in [1.29, 1.82) is 0 Å². The molecule has 0 spiro atoms. The molecule has 6 rings (SSSR count). The fraction of sp³-hybridized carbons (Fsp3) is 0.565. The van der Waals surface area contributed by atoms with Crippen LogP contribution in [0.2, 0.25) is 0 Å². The third kappa shape index (κ3) is 24.7. The van der Waals surface area contributed by atoms with Crippen LogP contribution in [0, 0.1) is 21.8 Å². The molecular formula is C62H82F2IN11O14. The monoisotopic (exact) mass is 1370 g/mol. The van der Waals surface area contributed by atoms with Crippen molar-refractivity contribution >= 4 is 93.8 Å². The van der Waals surface area contributed by atoms with Gasteiger partial charge < -0.3 is 45.1 Å². The molecule has 3 atom stereocenters. The van der Waals surface area contributed by atoms with Crippen LogP contribution in [0.3, 0.4) is 0 Å². The lowest BCUT2D eigenvalue weighted by Gasteiger charge is -2.33. The molecule has 5 N–H and O–H groups in total. The highest BCUT2D eigenvalue weighted by Gasteiger charge is 2.46. The summed E-state index contributed by atoms with van der Waals surface area (Å²) < 4.78 is 45.1. The van der Waals surface area contributed by atoms with Crippen molar-refractivity contribution < 1.29 is 76.0 Å². The van der Waals surface area contributed by atoms with Crippen molar-refractivity contribution in [3.05, 3.63) is 69.4 Å². The number of pyridine rings is 1. The summed E-state index contributed by atoms with van der Waals surface area (Å²) in [6.45, 7) is 3.93. The van der Waals surface area contributed by atoms with Gasteiger partial charge in [-0.25, -0.2) is 8.78 Å². The molecule has 7 amide bonds. The number of fused-ring (bicyclic) bond motifs is 1. The SMILES string of the molecule is C#C[C@H]1CC(F)(F)CN1C(=O)CNC(=O)c1ccnc2ccc(OCCCCC3CCN(C(=O)CC(=O)NC(=O)[C@H](CC[C@@H](C)NC(=O)CCCc4ccc(I)cc4)NC(=O)CN4CCN(COC=O)CCN(COC=O)CCN(CC(=O)O)CC4)CC3)cc12. The third-order valence-corrected chi connectivity index (χ3v) is 16.7. The average molecular weight is 1370 g/mol. The maximum absolute atomic E-state index is 14.0. The average Bonchev–Trinajstić information content (AvgIpc) is 2.15. The molecule has 3 aliphatic rings. The van der Waals surface area contributed by atoms with E-state index in [1.165, 1.54) is 12.3 Å². The van der Waals surface area contributed by atoms with Crippen LogP contribution in [0.15, 0.2) is 54.7 Å². The van der Waals surface area contributed by atoms with Crippen LogP contribution >= 0.6 is 22.6 Å². The first-order valence-electron chi connectivity index (χ1n) is 30.3. The molecule has 0 unspecified atom stereocenters. The summed E-state index contributed by atoms with van der Waals surface area (Å²) in [5, 5.41) is 20.8. The van der Waals surface area contributed by atoms with Crippen LogP contribution in [0.25, 0.3) is 10.9 Å². The number of carboxylic acid groups (broad SMARTS) is 1. The van der Waals surface area contributed by atoms with Gasteiger partial charge in [0.15, 0.2) is 0 Å². The van der Waals surface area contributed by atoms with E-state index < -0.39 is 91.4 Å². The topological polar surface area (TPSA) is 299 Å². The zero-order chi connectivity index (χ0) is 65.0. The van der Waals surface area contributed by atoms with Gasteiger partial charge in [-0.3, -0.25) is 77.8 Å². The van der Waals surface area contributed by atoms with Gasteiger partial charge >= 0.3 is 5.97 Å². The van der Waals surface area contributed by atoms with Crippen LogP contribution in [0.5, 0.6) is 5.75 Å². The number of aliphatic carboxylic acids is 1. The molecule has 3 aliphatic heterocycles. The molecule has 3 aromatic rings. The minimum absolute atomic E-state index is 0.00937. The Kier molecular flexibility index (Phi) is 29.5. The van der Waals surface area contributed by atoms with Crippen molar-refractivity contribution in [2.24, 2.45) is 5.92 Å². The van der Waals surface area contributed by atoms with E-state index in [9.17, 15) is 61.8 Å². The van der Waals surface area contributed by atoms with Gasteiger partial charge in [0.25, 0.3) is 24.8 Å². The Hall–Kier alpha value is -7.46. The number of unbranched alkanes of at least 4 members (excludes halogenated alkanes) is 1. The molecule has 25 nitrogen and oxygen atoms in total. The smallest absolute Gasteiger partial charge is 0.317 e. The highest BCUT2D eigenvalue weighted by Crippen LogP contribution is 2.32. The molecule has 3 fully saturated rings. The normalized spacial score (nSPS) is 17.9. The van der Waals surface area contributed by atoms with Gasteiger partial charge in [0.1, 0.15) is 31.7 Å². The number of imide groups is 1. The highest BCUT2D eigenvalue weighted by molar-refractivity contribution is 14.1. The van der Waals surface area contributed by atoms with Crippen molar-refractivity contribution in [2.75, 3.05) is 112 Å². The number of rotatable bonds is 31. The number of alkyl halides is 2. The zero-order valence-corrected chi connectivity index (χ0v) is 52.9. The summed E-state index contributed by atoms with van der Waals surface area (Å²) in [6, 6.07) is 11.9. The minimum atomic E-state index is -3.11. The summed E-state index contributed by atoms with van der Waals surface area (Å²) >= 11 is 2.23. The second kappa shape index (κ2) is 37.0. The standard InChI is InChI=1S/C62H82F2IN11O14/c1-3-48-35-62(63,64)39-76(48)58(83)36-67-60(86)50-18-21-66-52-17-15-49(33-51(50)52)90-32-5-4-7-46-19-22-75(23-20-46)57(82)34-55(80)70-61(87)53(16-10-44(2)68-54(79)9-6-8-45-11-13-47(65)14-12-45)69-56(81)37-71-24-25-72(38-59(84)85)27-29-74(41-89-43-78)31-30-73(28-26-71)40-88-42-77/h1,11-15,17-18,21,33,42-44,46,48,53H,4-10,16,19-20,22-32,34-41H2,2H3,(H,67,86)(H,68,79)(H,69,81)(H,84,85)(H,70,80,87)/t44-,48+,53+/m1/s1. The van der Waals surface area contributed by atoms with Gasteiger partial charge in [0, 0.05) is 99.5 Å². The lowest BCUT2D eigenvalue weighted by molar-refractivity contribution is -0.140. The highest BCUT2D eigenvalue weighted by atomic mass is 127. The molecular weight excluding hydrogens is 1290 g/mol. The number of aryl methyl sites for hydroxylation is 1. The number of hydrogen-bond acceptors (Lipinski definition) is 18. The molecule has 3 saturated heterocycles. The number of nitrogens with one attached hydrogen (secondary N) is 4. The number of carboxylic acids is 1. The molecule has 90 heavy (non-hydrogen) atoms. The van der Waals surface area contributed by atoms with Crippen LogP contribution in [0.1, 0.15) is 93.5 Å². The molecule has 0 saturated carbocycles. The van der Waals surface area contributed by atoms with Gasteiger partial charge in [-0.2, -0.15) is 0 Å². The van der Waals surface area contributed by atoms with Gasteiger partial charge in [-0.05, 0) is 129 Å². The molecule has 4 heterocycles. The quantitative estimate of drug-likeness (QED) is 0.0203. The Morgan fingerprint density at radius 2 is 1.43 bits per heavy atom. The number of nitrogens with zero attached hydrogens (tertiary/aromatic N) is 7. The predicted octanol–water partition coefficient (Wildman–Crippen LogP) is 2.62. The van der Waals surface area contributed by atoms with Gasteiger partial charge in [-0.15, -0.1) is 6.42 Å².